The maximum atomic E-state index is 12.2. The number of anilines is 2. The van der Waals surface area contributed by atoms with Gasteiger partial charge in [0.15, 0.2) is 0 Å². The maximum absolute atomic E-state index is 12.2. The zero-order valence-corrected chi connectivity index (χ0v) is 12.5. The van der Waals surface area contributed by atoms with E-state index >= 15 is 0 Å². The highest BCUT2D eigenvalue weighted by atomic mass is 16.1. The van der Waals surface area contributed by atoms with Crippen LogP contribution in [-0.2, 0) is 6.42 Å². The summed E-state index contributed by atoms with van der Waals surface area (Å²) in [6.45, 7) is 0.965. The predicted molar refractivity (Wildman–Crippen MR) is 86.5 cm³/mol. The lowest BCUT2D eigenvalue weighted by molar-refractivity contribution is 0.0950. The minimum Gasteiger partial charge on any atom is -0.349 e. The number of pyridine rings is 1. The SMILES string of the molecule is O=C(NC1CC1)c1cncc(N2CCCc3ccccc32)c1. The van der Waals surface area contributed by atoms with Gasteiger partial charge in [-0.2, -0.15) is 0 Å². The molecule has 1 aromatic carbocycles. The fourth-order valence-corrected chi connectivity index (χ4v) is 3.00. The Kier molecular flexibility index (Phi) is 3.29. The van der Waals surface area contributed by atoms with Crippen LogP contribution in [0.1, 0.15) is 35.2 Å². The fraction of sp³-hybridized carbons (Fsp3) is 0.333. The van der Waals surface area contributed by atoms with E-state index in [4.69, 9.17) is 0 Å². The van der Waals surface area contributed by atoms with E-state index < -0.39 is 0 Å². The second-order valence-electron chi connectivity index (χ2n) is 6.06. The summed E-state index contributed by atoms with van der Waals surface area (Å²) in [6, 6.07) is 10.8. The van der Waals surface area contributed by atoms with E-state index in [0.717, 1.165) is 37.9 Å². The van der Waals surface area contributed by atoms with E-state index in [9.17, 15) is 4.79 Å². The van der Waals surface area contributed by atoms with Gasteiger partial charge in [-0.1, -0.05) is 18.2 Å². The molecule has 0 radical (unpaired) electrons. The Morgan fingerprint density at radius 1 is 1.23 bits per heavy atom. The summed E-state index contributed by atoms with van der Waals surface area (Å²) in [7, 11) is 0. The Balaban J connectivity index is 1.64. The summed E-state index contributed by atoms with van der Waals surface area (Å²) < 4.78 is 0. The molecule has 2 aliphatic rings. The molecule has 0 unspecified atom stereocenters. The molecule has 4 nitrogen and oxygen atoms in total. The number of benzene rings is 1. The molecule has 0 saturated heterocycles. The molecule has 1 aromatic heterocycles. The lowest BCUT2D eigenvalue weighted by atomic mass is 10.0. The van der Waals surface area contributed by atoms with Crippen LogP contribution >= 0.6 is 0 Å². The number of hydrogen-bond donors (Lipinski definition) is 1. The quantitative estimate of drug-likeness (QED) is 0.946. The van der Waals surface area contributed by atoms with E-state index in [0.29, 0.717) is 11.6 Å². The van der Waals surface area contributed by atoms with Crippen LogP contribution in [0.3, 0.4) is 0 Å². The molecule has 4 rings (SSSR count). The Morgan fingerprint density at radius 2 is 2.09 bits per heavy atom. The Labute approximate surface area is 130 Å². The molecule has 4 heteroatoms. The normalized spacial score (nSPS) is 17.0. The molecule has 1 N–H and O–H groups in total. The predicted octanol–water partition coefficient (Wildman–Crippen LogP) is 3.06. The van der Waals surface area contributed by atoms with Gasteiger partial charge in [-0.25, -0.2) is 0 Å². The van der Waals surface area contributed by atoms with Crippen molar-refractivity contribution in [2.45, 2.75) is 31.7 Å². The first-order valence-electron chi connectivity index (χ1n) is 7.92. The van der Waals surface area contributed by atoms with Crippen molar-refractivity contribution in [1.29, 1.82) is 0 Å². The molecular weight excluding hydrogens is 274 g/mol. The first-order chi connectivity index (χ1) is 10.8. The molecule has 22 heavy (non-hydrogen) atoms. The van der Waals surface area contributed by atoms with Gasteiger partial charge in [0.1, 0.15) is 0 Å². The Morgan fingerprint density at radius 3 is 2.95 bits per heavy atom. The third kappa shape index (κ3) is 2.56. The summed E-state index contributed by atoms with van der Waals surface area (Å²) in [5.74, 6) is -0.0119. The zero-order valence-electron chi connectivity index (χ0n) is 12.5. The van der Waals surface area contributed by atoms with Crippen molar-refractivity contribution < 1.29 is 4.79 Å². The summed E-state index contributed by atoms with van der Waals surface area (Å²) in [6.07, 6.45) is 7.92. The van der Waals surface area contributed by atoms with E-state index in [1.165, 1.54) is 11.3 Å². The van der Waals surface area contributed by atoms with Crippen LogP contribution in [0.15, 0.2) is 42.7 Å². The molecule has 112 valence electrons. The van der Waals surface area contributed by atoms with Gasteiger partial charge in [0.25, 0.3) is 5.91 Å². The molecule has 1 aliphatic heterocycles. The largest absolute Gasteiger partial charge is 0.349 e. The molecule has 1 saturated carbocycles. The van der Waals surface area contributed by atoms with E-state index in [1.54, 1.807) is 6.20 Å². The van der Waals surface area contributed by atoms with Crippen molar-refractivity contribution in [2.24, 2.45) is 0 Å². The highest BCUT2D eigenvalue weighted by Gasteiger charge is 2.24. The second-order valence-corrected chi connectivity index (χ2v) is 6.06. The van der Waals surface area contributed by atoms with E-state index in [2.05, 4.69) is 39.5 Å². The Hall–Kier alpha value is -2.36. The van der Waals surface area contributed by atoms with Gasteiger partial charge >= 0.3 is 0 Å². The standard InChI is InChI=1S/C18H19N3O/c22-18(20-15-7-8-15)14-10-16(12-19-11-14)21-9-3-5-13-4-1-2-6-17(13)21/h1-2,4,6,10-12,15H,3,5,7-9H2,(H,20,22). The van der Waals surface area contributed by atoms with Crippen LogP contribution in [0.4, 0.5) is 11.4 Å². The molecule has 0 atom stereocenters. The smallest absolute Gasteiger partial charge is 0.253 e. The number of carbonyl (C=O) groups excluding carboxylic acids is 1. The first-order valence-corrected chi connectivity index (χ1v) is 7.92. The van der Waals surface area contributed by atoms with Crippen molar-refractivity contribution in [3.05, 3.63) is 53.9 Å². The minimum absolute atomic E-state index is 0.0119. The number of amides is 1. The topological polar surface area (TPSA) is 45.2 Å². The van der Waals surface area contributed by atoms with Crippen molar-refractivity contribution in [3.8, 4) is 0 Å². The molecule has 1 fully saturated rings. The number of aryl methyl sites for hydroxylation is 1. The zero-order chi connectivity index (χ0) is 14.9. The number of carbonyl (C=O) groups is 1. The van der Waals surface area contributed by atoms with Crippen LogP contribution in [-0.4, -0.2) is 23.5 Å². The lowest BCUT2D eigenvalue weighted by Gasteiger charge is -2.31. The van der Waals surface area contributed by atoms with Gasteiger partial charge in [0.05, 0.1) is 17.4 Å². The molecule has 0 bridgehead atoms. The van der Waals surface area contributed by atoms with Gasteiger partial charge in [0, 0.05) is 24.5 Å². The summed E-state index contributed by atoms with van der Waals surface area (Å²) in [5.41, 5.74) is 4.24. The van der Waals surface area contributed by atoms with E-state index in [1.807, 2.05) is 12.3 Å². The fourth-order valence-electron chi connectivity index (χ4n) is 3.00. The molecular formula is C18H19N3O. The van der Waals surface area contributed by atoms with Crippen molar-refractivity contribution >= 4 is 17.3 Å². The third-order valence-corrected chi connectivity index (χ3v) is 4.32. The monoisotopic (exact) mass is 293 g/mol. The number of nitrogens with one attached hydrogen (secondary N) is 1. The lowest BCUT2D eigenvalue weighted by Crippen LogP contribution is -2.27. The highest BCUT2D eigenvalue weighted by Crippen LogP contribution is 2.33. The number of para-hydroxylation sites is 1. The summed E-state index contributed by atoms with van der Waals surface area (Å²) in [5, 5.41) is 3.02. The molecule has 0 spiro atoms. The molecule has 2 heterocycles. The van der Waals surface area contributed by atoms with Gasteiger partial charge in [-0.05, 0) is 43.4 Å². The number of rotatable bonds is 3. The van der Waals surface area contributed by atoms with Crippen LogP contribution in [0, 0.1) is 0 Å². The second kappa shape index (κ2) is 5.44. The van der Waals surface area contributed by atoms with Crippen LogP contribution in [0.25, 0.3) is 0 Å². The van der Waals surface area contributed by atoms with Gasteiger partial charge in [-0.3, -0.25) is 9.78 Å². The molecule has 1 amide bonds. The average Bonchev–Trinajstić information content (AvgIpc) is 3.38. The number of aromatic nitrogens is 1. The van der Waals surface area contributed by atoms with Gasteiger partial charge in [0.2, 0.25) is 0 Å². The number of nitrogens with zero attached hydrogens (tertiary/aromatic N) is 2. The van der Waals surface area contributed by atoms with E-state index in [-0.39, 0.29) is 5.91 Å². The van der Waals surface area contributed by atoms with Crippen molar-refractivity contribution in [3.63, 3.8) is 0 Å². The minimum atomic E-state index is -0.0119. The van der Waals surface area contributed by atoms with Gasteiger partial charge in [-0.15, -0.1) is 0 Å². The molecule has 1 aliphatic carbocycles. The van der Waals surface area contributed by atoms with Crippen LogP contribution < -0.4 is 10.2 Å². The highest BCUT2D eigenvalue weighted by molar-refractivity contribution is 5.95. The molecule has 2 aromatic rings. The van der Waals surface area contributed by atoms with Crippen LogP contribution in [0.5, 0.6) is 0 Å². The summed E-state index contributed by atoms with van der Waals surface area (Å²) in [4.78, 5) is 18.7. The first kappa shape index (κ1) is 13.3. The summed E-state index contributed by atoms with van der Waals surface area (Å²) >= 11 is 0. The Bertz CT molecular complexity index is 709. The maximum Gasteiger partial charge on any atom is 0.253 e. The number of hydrogen-bond acceptors (Lipinski definition) is 3. The van der Waals surface area contributed by atoms with Crippen molar-refractivity contribution in [1.82, 2.24) is 10.3 Å². The van der Waals surface area contributed by atoms with Crippen LogP contribution in [0.2, 0.25) is 0 Å². The number of fused-ring (bicyclic) bond motifs is 1. The van der Waals surface area contributed by atoms with Crippen molar-refractivity contribution in [2.75, 3.05) is 11.4 Å². The van der Waals surface area contributed by atoms with Gasteiger partial charge < -0.3 is 10.2 Å². The average molecular weight is 293 g/mol. The third-order valence-electron chi connectivity index (χ3n) is 4.32.